The lowest BCUT2D eigenvalue weighted by Crippen LogP contribution is -2.32. The van der Waals surface area contributed by atoms with Gasteiger partial charge in [0.05, 0.1) is 4.92 Å². The van der Waals surface area contributed by atoms with E-state index < -0.39 is 16.5 Å². The highest BCUT2D eigenvalue weighted by Crippen LogP contribution is 2.27. The van der Waals surface area contributed by atoms with Gasteiger partial charge in [-0.25, -0.2) is 4.98 Å². The Morgan fingerprint density at radius 1 is 1.60 bits per heavy atom. The number of rotatable bonds is 4. The number of nitrogens with one attached hydrogen (secondary N) is 1. The zero-order chi connectivity index (χ0) is 14.5. The van der Waals surface area contributed by atoms with Gasteiger partial charge in [-0.05, 0) is 24.7 Å². The van der Waals surface area contributed by atoms with Crippen LogP contribution in [0.15, 0.2) is 12.3 Å². The quantitative estimate of drug-likeness (QED) is 0.524. The molecule has 1 N–H and O–H groups in total. The fraction of sp³-hybridized carbons (Fsp3) is 0.500. The number of nitrogens with zero attached hydrogens (tertiary/aromatic N) is 2. The van der Waals surface area contributed by atoms with Crippen molar-refractivity contribution in [3.8, 4) is 0 Å². The van der Waals surface area contributed by atoms with Crippen molar-refractivity contribution >= 4 is 35.0 Å². The van der Waals surface area contributed by atoms with Gasteiger partial charge in [0.1, 0.15) is 5.56 Å². The summed E-state index contributed by atoms with van der Waals surface area (Å²) in [5.41, 5.74) is -0.487. The molecule has 2 rings (SSSR count). The Morgan fingerprint density at radius 3 is 3.05 bits per heavy atom. The predicted octanol–water partition coefficient (Wildman–Crippen LogP) is 2.66. The molecule has 1 aliphatic rings. The topological polar surface area (TPSA) is 85.1 Å². The van der Waals surface area contributed by atoms with Gasteiger partial charge in [0.2, 0.25) is 5.15 Å². The second kappa shape index (κ2) is 6.90. The number of nitro groups is 1. The molecule has 1 unspecified atom stereocenters. The van der Waals surface area contributed by atoms with Gasteiger partial charge in [0, 0.05) is 18.0 Å². The number of aromatic nitrogens is 1. The van der Waals surface area contributed by atoms with Crippen LogP contribution < -0.4 is 5.32 Å². The minimum Gasteiger partial charge on any atom is -0.351 e. The summed E-state index contributed by atoms with van der Waals surface area (Å²) in [5, 5.41) is 13.8. The van der Waals surface area contributed by atoms with E-state index in [2.05, 4.69) is 10.3 Å². The number of hydrogen-bond acceptors (Lipinski definition) is 5. The summed E-state index contributed by atoms with van der Waals surface area (Å²) in [7, 11) is 0. The lowest BCUT2D eigenvalue weighted by atomic mass is 10.1. The molecule has 20 heavy (non-hydrogen) atoms. The molecule has 2 heterocycles. The average molecular weight is 316 g/mol. The first-order chi connectivity index (χ1) is 9.59. The first-order valence-electron chi connectivity index (χ1n) is 6.28. The lowest BCUT2D eigenvalue weighted by Gasteiger charge is -2.21. The van der Waals surface area contributed by atoms with E-state index in [-0.39, 0.29) is 10.7 Å². The van der Waals surface area contributed by atoms with Crippen LogP contribution in [0, 0.1) is 10.1 Å². The third-order valence-corrected chi connectivity index (χ3v) is 4.75. The molecule has 0 bridgehead atoms. The highest BCUT2D eigenvalue weighted by molar-refractivity contribution is 7.99. The Labute approximate surface area is 125 Å². The van der Waals surface area contributed by atoms with Gasteiger partial charge in [-0.15, -0.1) is 0 Å². The number of pyridine rings is 1. The van der Waals surface area contributed by atoms with Gasteiger partial charge in [0.25, 0.3) is 5.91 Å². The van der Waals surface area contributed by atoms with E-state index in [0.717, 1.165) is 18.6 Å². The highest BCUT2D eigenvalue weighted by atomic mass is 35.5. The van der Waals surface area contributed by atoms with Crippen LogP contribution in [0.1, 0.15) is 29.6 Å². The van der Waals surface area contributed by atoms with Crippen LogP contribution in [-0.2, 0) is 0 Å². The molecule has 1 fully saturated rings. The number of carbonyl (C=O) groups is 1. The third kappa shape index (κ3) is 3.61. The summed E-state index contributed by atoms with van der Waals surface area (Å²) < 4.78 is 0. The van der Waals surface area contributed by atoms with Gasteiger partial charge in [0.15, 0.2) is 0 Å². The Bertz CT molecular complexity index is 521. The largest absolute Gasteiger partial charge is 0.351 e. The van der Waals surface area contributed by atoms with Crippen molar-refractivity contribution in [3.63, 3.8) is 0 Å². The number of hydrogen-bond donors (Lipinski definition) is 1. The third-order valence-electron chi connectivity index (χ3n) is 3.07. The Morgan fingerprint density at radius 2 is 2.40 bits per heavy atom. The maximum atomic E-state index is 12.1. The van der Waals surface area contributed by atoms with E-state index in [1.54, 1.807) is 0 Å². The van der Waals surface area contributed by atoms with Crippen LogP contribution in [0.4, 0.5) is 5.69 Å². The molecule has 0 aliphatic carbocycles. The molecular weight excluding hydrogens is 302 g/mol. The second-order valence-electron chi connectivity index (χ2n) is 4.45. The average Bonchev–Trinajstić information content (AvgIpc) is 2.45. The minimum atomic E-state index is -0.681. The Kier molecular flexibility index (Phi) is 5.19. The van der Waals surface area contributed by atoms with E-state index in [0.29, 0.717) is 11.8 Å². The molecule has 1 aromatic rings. The van der Waals surface area contributed by atoms with Gasteiger partial charge < -0.3 is 5.32 Å². The van der Waals surface area contributed by atoms with Crippen molar-refractivity contribution in [2.24, 2.45) is 0 Å². The summed E-state index contributed by atoms with van der Waals surface area (Å²) in [5.74, 6) is 0.620. The maximum Gasteiger partial charge on any atom is 0.319 e. The molecule has 8 heteroatoms. The SMILES string of the molecule is O=C(NCC1CCCCS1)c1ccnc(Cl)c1[N+](=O)[O-]. The molecule has 0 radical (unpaired) electrons. The molecule has 1 amide bonds. The van der Waals surface area contributed by atoms with Crippen LogP contribution in [0.2, 0.25) is 5.15 Å². The van der Waals surface area contributed by atoms with Gasteiger partial charge in [-0.2, -0.15) is 11.8 Å². The van der Waals surface area contributed by atoms with E-state index in [9.17, 15) is 14.9 Å². The van der Waals surface area contributed by atoms with Crippen LogP contribution in [0.25, 0.3) is 0 Å². The molecule has 0 saturated carbocycles. The molecule has 0 aromatic carbocycles. The zero-order valence-corrected chi connectivity index (χ0v) is 12.2. The number of carbonyl (C=O) groups excluding carboxylic acids is 1. The Balaban J connectivity index is 2.05. The molecular formula is C12H14ClN3O3S. The Hall–Kier alpha value is -1.34. The van der Waals surface area contributed by atoms with Crippen molar-refractivity contribution in [1.82, 2.24) is 10.3 Å². The van der Waals surface area contributed by atoms with Crippen molar-refractivity contribution in [2.75, 3.05) is 12.3 Å². The smallest absolute Gasteiger partial charge is 0.319 e. The summed E-state index contributed by atoms with van der Waals surface area (Å²) in [6, 6.07) is 1.31. The minimum absolute atomic E-state index is 0.0455. The first kappa shape index (κ1) is 15.1. The van der Waals surface area contributed by atoms with Gasteiger partial charge in [-0.1, -0.05) is 18.0 Å². The normalized spacial score (nSPS) is 18.6. The fourth-order valence-electron chi connectivity index (χ4n) is 2.06. The van der Waals surface area contributed by atoms with E-state index in [4.69, 9.17) is 11.6 Å². The summed E-state index contributed by atoms with van der Waals surface area (Å²) in [6.45, 7) is 0.514. The molecule has 108 valence electrons. The summed E-state index contributed by atoms with van der Waals surface area (Å²) in [6.07, 6.45) is 4.72. The summed E-state index contributed by atoms with van der Waals surface area (Å²) in [4.78, 5) is 26.0. The van der Waals surface area contributed by atoms with Crippen molar-refractivity contribution < 1.29 is 9.72 Å². The van der Waals surface area contributed by atoms with Gasteiger partial charge in [-0.3, -0.25) is 14.9 Å². The zero-order valence-electron chi connectivity index (χ0n) is 10.7. The van der Waals surface area contributed by atoms with E-state index in [1.807, 2.05) is 11.8 Å². The molecule has 0 spiro atoms. The molecule has 1 aliphatic heterocycles. The van der Waals surface area contributed by atoms with E-state index >= 15 is 0 Å². The predicted molar refractivity (Wildman–Crippen MR) is 78.3 cm³/mol. The molecule has 1 atom stereocenters. The van der Waals surface area contributed by atoms with Crippen LogP contribution in [0.3, 0.4) is 0 Å². The first-order valence-corrected chi connectivity index (χ1v) is 7.71. The molecule has 6 nitrogen and oxygen atoms in total. The van der Waals surface area contributed by atoms with Crippen LogP contribution in [0.5, 0.6) is 0 Å². The lowest BCUT2D eigenvalue weighted by molar-refractivity contribution is -0.385. The summed E-state index contributed by atoms with van der Waals surface area (Å²) >= 11 is 7.51. The van der Waals surface area contributed by atoms with Crippen LogP contribution in [-0.4, -0.2) is 33.4 Å². The fourth-order valence-corrected chi connectivity index (χ4v) is 3.52. The van der Waals surface area contributed by atoms with Crippen LogP contribution >= 0.6 is 23.4 Å². The van der Waals surface area contributed by atoms with E-state index in [1.165, 1.54) is 18.7 Å². The number of amides is 1. The van der Waals surface area contributed by atoms with Crippen molar-refractivity contribution in [1.29, 1.82) is 0 Å². The molecule has 1 aromatic heterocycles. The number of halogens is 1. The van der Waals surface area contributed by atoms with Crippen molar-refractivity contribution in [2.45, 2.75) is 24.5 Å². The molecule has 1 saturated heterocycles. The standard InChI is InChI=1S/C12H14ClN3O3S/c13-11-10(16(18)19)9(4-5-14-11)12(17)15-7-8-3-1-2-6-20-8/h4-5,8H,1-3,6-7H2,(H,15,17). The maximum absolute atomic E-state index is 12.1. The monoisotopic (exact) mass is 315 g/mol. The highest BCUT2D eigenvalue weighted by Gasteiger charge is 2.25. The number of thioether (sulfide) groups is 1. The second-order valence-corrected chi connectivity index (χ2v) is 6.22. The van der Waals surface area contributed by atoms with Gasteiger partial charge >= 0.3 is 5.69 Å². The van der Waals surface area contributed by atoms with Crippen molar-refractivity contribution in [3.05, 3.63) is 33.1 Å².